The highest BCUT2D eigenvalue weighted by atomic mass is 31.2. The van der Waals surface area contributed by atoms with Gasteiger partial charge < -0.3 is 42.6 Å². The molecule has 0 N–H and O–H groups in total. The minimum atomic E-state index is -4.37. The van der Waals surface area contributed by atoms with Gasteiger partial charge in [0.05, 0.1) is 19.3 Å². The second-order valence-electron chi connectivity index (χ2n) is 10.6. The summed E-state index contributed by atoms with van der Waals surface area (Å²) in [7, 11) is -4.37. The summed E-state index contributed by atoms with van der Waals surface area (Å²) in [6.07, 6.45) is -15.1. The second kappa shape index (κ2) is 16.8. The summed E-state index contributed by atoms with van der Waals surface area (Å²) in [5.41, 5.74) is 0. The van der Waals surface area contributed by atoms with Gasteiger partial charge in [-0.25, -0.2) is 4.57 Å². The molecule has 10 atom stereocenters. The molecule has 20 heteroatoms. The van der Waals surface area contributed by atoms with Gasteiger partial charge in [-0.15, -0.1) is 0 Å². The van der Waals surface area contributed by atoms with Crippen LogP contribution < -0.4 is 0 Å². The van der Waals surface area contributed by atoms with Crippen molar-refractivity contribution < 1.29 is 89.5 Å². The van der Waals surface area contributed by atoms with E-state index in [0.29, 0.717) is 6.42 Å². The van der Waals surface area contributed by atoms with Crippen LogP contribution in [0, 0.1) is 0 Å². The molecule has 0 aliphatic carbocycles. The Labute approximate surface area is 269 Å². The number of rotatable bonds is 11. The average Bonchev–Trinajstić information content (AvgIpc) is 2.94. The molecule has 0 saturated carbocycles. The van der Waals surface area contributed by atoms with Crippen molar-refractivity contribution in [3.8, 4) is 0 Å². The molecule has 0 aromatic carbocycles. The molecule has 3 saturated heterocycles. The molecule has 3 fully saturated rings. The van der Waals surface area contributed by atoms with E-state index in [1.54, 1.807) is 0 Å². The molecule has 0 unspecified atom stereocenters. The van der Waals surface area contributed by atoms with Crippen molar-refractivity contribution in [2.45, 2.75) is 116 Å². The molecule has 0 aromatic rings. The lowest BCUT2D eigenvalue weighted by Crippen LogP contribution is -2.66. The van der Waals surface area contributed by atoms with Gasteiger partial charge >= 0.3 is 43.6 Å². The summed E-state index contributed by atoms with van der Waals surface area (Å²) in [5, 5.41) is 0. The third-order valence-corrected chi connectivity index (χ3v) is 8.05. The van der Waals surface area contributed by atoms with Crippen LogP contribution in [-0.2, 0) is 89.5 Å². The van der Waals surface area contributed by atoms with E-state index < -0.39 is 112 Å². The minimum absolute atomic E-state index is 0.0186. The van der Waals surface area contributed by atoms with Crippen LogP contribution in [0.25, 0.3) is 0 Å². The molecule has 19 nitrogen and oxygen atoms in total. The van der Waals surface area contributed by atoms with Crippen molar-refractivity contribution >= 4 is 43.6 Å². The van der Waals surface area contributed by atoms with Crippen LogP contribution in [0.1, 0.15) is 54.9 Å². The summed E-state index contributed by atoms with van der Waals surface area (Å²) in [6, 6.07) is 0. The van der Waals surface area contributed by atoms with Crippen molar-refractivity contribution in [1.82, 2.24) is 0 Å². The lowest BCUT2D eigenvalue weighted by atomic mass is 9.96. The van der Waals surface area contributed by atoms with E-state index in [2.05, 4.69) is 0 Å². The average molecular weight is 699 g/mol. The van der Waals surface area contributed by atoms with Crippen molar-refractivity contribution in [3.05, 3.63) is 0 Å². The van der Waals surface area contributed by atoms with E-state index in [1.165, 1.54) is 6.92 Å². The highest BCUT2D eigenvalue weighted by molar-refractivity contribution is 7.48. The Balaban J connectivity index is 2.12. The van der Waals surface area contributed by atoms with E-state index in [-0.39, 0.29) is 13.2 Å². The highest BCUT2D eigenvalue weighted by Gasteiger charge is 2.58. The molecule has 0 amide bonds. The number of phosphoric ester groups is 1. The lowest BCUT2D eigenvalue weighted by Gasteiger charge is -2.48. The Hall–Kier alpha value is -3.19. The van der Waals surface area contributed by atoms with Gasteiger partial charge in [0.25, 0.3) is 0 Å². The number of phosphoric acid groups is 1. The van der Waals surface area contributed by atoms with Gasteiger partial charge in [0.15, 0.2) is 49.2 Å². The maximum absolute atomic E-state index is 13.4. The molecular formula is C27H39O19P. The number of hydrogen-bond donors (Lipinski definition) is 0. The van der Waals surface area contributed by atoms with Crippen LogP contribution in [0.3, 0.4) is 0 Å². The first-order chi connectivity index (χ1) is 22.0. The second-order valence-corrected chi connectivity index (χ2v) is 12.2. The Morgan fingerprint density at radius 2 is 1.06 bits per heavy atom. The molecule has 47 heavy (non-hydrogen) atoms. The monoisotopic (exact) mass is 698 g/mol. The highest BCUT2D eigenvalue weighted by Crippen LogP contribution is 2.54. The quantitative estimate of drug-likeness (QED) is 0.164. The Morgan fingerprint density at radius 3 is 1.57 bits per heavy atom. The van der Waals surface area contributed by atoms with E-state index in [4.69, 9.17) is 56.2 Å². The Bertz CT molecular complexity index is 1210. The minimum Gasteiger partial charge on any atom is -0.463 e. The van der Waals surface area contributed by atoms with Crippen LogP contribution in [-0.4, -0.2) is 117 Å². The van der Waals surface area contributed by atoms with Crippen molar-refractivity contribution in [1.29, 1.82) is 0 Å². The first-order valence-corrected chi connectivity index (χ1v) is 16.0. The molecule has 266 valence electrons. The Morgan fingerprint density at radius 1 is 0.596 bits per heavy atom. The number of carbonyl (C=O) groups excluding carboxylic acids is 6. The van der Waals surface area contributed by atoms with Crippen LogP contribution in [0.5, 0.6) is 0 Å². The molecule has 0 spiro atoms. The van der Waals surface area contributed by atoms with Gasteiger partial charge in [-0.3, -0.25) is 42.3 Å². The largest absolute Gasteiger partial charge is 0.477 e. The Kier molecular flexibility index (Phi) is 13.6. The molecular weight excluding hydrogens is 659 g/mol. The van der Waals surface area contributed by atoms with Crippen molar-refractivity contribution in [3.63, 3.8) is 0 Å². The summed E-state index contributed by atoms with van der Waals surface area (Å²) >= 11 is 0. The zero-order valence-corrected chi connectivity index (χ0v) is 27.7. The first kappa shape index (κ1) is 38.3. The predicted molar refractivity (Wildman–Crippen MR) is 147 cm³/mol. The topological polar surface area (TPSA) is 230 Å². The maximum atomic E-state index is 13.4. The number of hydrogen-bond acceptors (Lipinski definition) is 19. The van der Waals surface area contributed by atoms with Gasteiger partial charge in [0.2, 0.25) is 0 Å². The summed E-state index contributed by atoms with van der Waals surface area (Å²) in [6.45, 7) is 7.24. The van der Waals surface area contributed by atoms with Crippen LogP contribution >= 0.6 is 7.82 Å². The predicted octanol–water partition coefficient (Wildman–Crippen LogP) is 0.625. The van der Waals surface area contributed by atoms with Gasteiger partial charge in [0.1, 0.15) is 12.7 Å². The van der Waals surface area contributed by atoms with Crippen LogP contribution in [0.15, 0.2) is 0 Å². The molecule has 0 bridgehead atoms. The van der Waals surface area contributed by atoms with Crippen LogP contribution in [0.2, 0.25) is 0 Å². The van der Waals surface area contributed by atoms with E-state index >= 15 is 0 Å². The van der Waals surface area contributed by atoms with Crippen LogP contribution in [0.4, 0.5) is 0 Å². The van der Waals surface area contributed by atoms with Crippen molar-refractivity contribution in [2.75, 3.05) is 19.8 Å². The van der Waals surface area contributed by atoms with Gasteiger partial charge in [0, 0.05) is 41.5 Å². The fraction of sp³-hybridized carbons (Fsp3) is 0.778. The van der Waals surface area contributed by atoms with Crippen molar-refractivity contribution in [2.24, 2.45) is 0 Å². The summed E-state index contributed by atoms with van der Waals surface area (Å²) < 4.78 is 79.8. The number of carbonyl (C=O) groups is 6. The molecule has 3 rings (SSSR count). The zero-order chi connectivity index (χ0) is 35.1. The lowest BCUT2D eigenvalue weighted by molar-refractivity contribution is -0.358. The molecule has 3 aliphatic rings. The molecule has 0 aromatic heterocycles. The first-order valence-electron chi connectivity index (χ1n) is 14.5. The van der Waals surface area contributed by atoms with Gasteiger partial charge in [-0.2, -0.15) is 0 Å². The van der Waals surface area contributed by atoms with E-state index in [1.807, 2.05) is 0 Å². The van der Waals surface area contributed by atoms with E-state index in [9.17, 15) is 33.3 Å². The molecule has 3 aliphatic heterocycles. The number of ether oxygens (including phenoxy) is 9. The third kappa shape index (κ3) is 10.9. The third-order valence-electron chi connectivity index (χ3n) is 6.59. The van der Waals surface area contributed by atoms with Gasteiger partial charge in [-0.05, 0) is 13.3 Å². The normalized spacial score (nSPS) is 33.4. The van der Waals surface area contributed by atoms with E-state index in [0.717, 1.165) is 41.5 Å². The fourth-order valence-electron chi connectivity index (χ4n) is 4.97. The summed E-state index contributed by atoms with van der Waals surface area (Å²) in [5.74, 6) is -5.02. The summed E-state index contributed by atoms with van der Waals surface area (Å²) in [4.78, 5) is 72.6. The van der Waals surface area contributed by atoms with Gasteiger partial charge in [-0.1, -0.05) is 0 Å². The fourth-order valence-corrected chi connectivity index (χ4v) is 6.30. The smallest absolute Gasteiger partial charge is 0.463 e. The molecule has 3 heterocycles. The SMILES string of the molecule is CC(=O)OC[C@H]1O[C@H](OP2(=O)OCCCO2)[C@H](O[C@@H]2O[C@@H](C)[C@@H](OC(C)=O)[C@@H](OC(C)=O)[C@@H]2OC(C)=O)[C@@H](OC(C)=O)[C@H]1OC(C)=O. The maximum Gasteiger partial charge on any atom is 0.477 e. The number of esters is 6. The zero-order valence-electron chi connectivity index (χ0n) is 26.8. The molecule has 0 radical (unpaired) electrons. The standard InChI is InChI=1S/C27H39O19P/c1-12-20(39-14(3)29)22(41-16(5)31)24(43-18(7)33)26(38-12)45-25-23(42-17(6)32)21(40-15(4)30)19(11-35-13(2)28)44-27(25)46-47(34)36-9-8-10-37-47/h12,19-27H,8-11H2,1-7H3/t12-,19+,20+,21-,22+,23-,24-,25+,26-,27+/m0/s1.